The van der Waals surface area contributed by atoms with Crippen molar-refractivity contribution in [1.29, 1.82) is 0 Å². The van der Waals surface area contributed by atoms with E-state index in [0.29, 0.717) is 29.4 Å². The Kier molecular flexibility index (Phi) is 9.87. The minimum Gasteiger partial charge on any atom is -0.497 e. The van der Waals surface area contributed by atoms with Crippen LogP contribution in [0.3, 0.4) is 0 Å². The molecule has 42 heavy (non-hydrogen) atoms. The summed E-state index contributed by atoms with van der Waals surface area (Å²) in [5.74, 6) is 0.285. The molecule has 222 valence electrons. The molecule has 0 bridgehead atoms. The average Bonchev–Trinajstić information content (AvgIpc) is 2.99. The number of benzene rings is 3. The third kappa shape index (κ3) is 7.29. The molecule has 0 fully saturated rings. The zero-order valence-electron chi connectivity index (χ0n) is 24.2. The molecule has 3 atom stereocenters. The summed E-state index contributed by atoms with van der Waals surface area (Å²) in [5, 5.41) is 18.3. The number of anilines is 3. The van der Waals surface area contributed by atoms with E-state index in [-0.39, 0.29) is 42.3 Å². The summed E-state index contributed by atoms with van der Waals surface area (Å²) < 4.78 is 11.6. The van der Waals surface area contributed by atoms with E-state index in [1.54, 1.807) is 80.6 Å². The molecule has 0 unspecified atom stereocenters. The standard InChI is InChI=1S/C31H37N5O6/c1-20-17-36(21(2)19-37)29(38)25-11-8-12-26(34-30(39)32-23-13-15-24(41-4)16-14-23)28(25)42-27(20)18-35(3)31(40)33-22-9-6-5-7-10-22/h5-16,20-21,27,37H,17-19H2,1-4H3,(H,33,40)(H2,32,34,39)/t20-,21-,27-/m1/s1. The van der Waals surface area contributed by atoms with Crippen LogP contribution in [0.5, 0.6) is 11.5 Å². The van der Waals surface area contributed by atoms with Crippen LogP contribution in [0, 0.1) is 5.92 Å². The van der Waals surface area contributed by atoms with E-state index in [4.69, 9.17) is 9.47 Å². The molecule has 5 amide bonds. The van der Waals surface area contributed by atoms with Crippen molar-refractivity contribution >= 4 is 35.0 Å². The van der Waals surface area contributed by atoms with E-state index in [1.807, 2.05) is 25.1 Å². The van der Waals surface area contributed by atoms with Gasteiger partial charge in [-0.2, -0.15) is 0 Å². The fourth-order valence-electron chi connectivity index (χ4n) is 4.61. The fourth-order valence-corrected chi connectivity index (χ4v) is 4.61. The Hall–Kier alpha value is -4.77. The molecule has 1 aliphatic rings. The van der Waals surface area contributed by atoms with Gasteiger partial charge in [0.15, 0.2) is 5.75 Å². The maximum atomic E-state index is 13.7. The maximum Gasteiger partial charge on any atom is 0.323 e. The third-order valence-corrected chi connectivity index (χ3v) is 7.11. The Labute approximate surface area is 245 Å². The predicted octanol–water partition coefficient (Wildman–Crippen LogP) is 4.72. The minimum atomic E-state index is -0.552. The number of carbonyl (C=O) groups is 3. The van der Waals surface area contributed by atoms with E-state index >= 15 is 0 Å². The number of nitrogens with zero attached hydrogens (tertiary/aromatic N) is 2. The number of urea groups is 2. The number of hydrogen-bond donors (Lipinski definition) is 4. The van der Waals surface area contributed by atoms with Gasteiger partial charge in [-0.25, -0.2) is 9.59 Å². The van der Waals surface area contributed by atoms with Gasteiger partial charge in [-0.3, -0.25) is 4.79 Å². The summed E-state index contributed by atoms with van der Waals surface area (Å²) in [6.45, 7) is 3.97. The number of carbonyl (C=O) groups excluding carboxylic acids is 3. The van der Waals surface area contributed by atoms with Crippen LogP contribution in [0.25, 0.3) is 0 Å². The van der Waals surface area contributed by atoms with Crippen molar-refractivity contribution in [3.8, 4) is 11.5 Å². The Balaban J connectivity index is 1.61. The van der Waals surface area contributed by atoms with Gasteiger partial charge in [0.25, 0.3) is 5.91 Å². The van der Waals surface area contributed by atoms with Crippen LogP contribution < -0.4 is 25.4 Å². The molecule has 0 aromatic heterocycles. The SMILES string of the molecule is COc1ccc(NC(=O)Nc2cccc3c2O[C@H](CN(C)C(=O)Nc2ccccc2)[C@H](C)CN([C@H](C)CO)C3=O)cc1. The van der Waals surface area contributed by atoms with E-state index < -0.39 is 18.2 Å². The highest BCUT2D eigenvalue weighted by molar-refractivity contribution is 6.04. The second-order valence-corrected chi connectivity index (χ2v) is 10.3. The Bertz CT molecular complexity index is 1380. The van der Waals surface area contributed by atoms with Crippen LogP contribution in [0.2, 0.25) is 0 Å². The fraction of sp³-hybridized carbons (Fsp3) is 0.323. The first-order valence-corrected chi connectivity index (χ1v) is 13.7. The van der Waals surface area contributed by atoms with E-state index in [9.17, 15) is 19.5 Å². The number of aliphatic hydroxyl groups is 1. The number of likely N-dealkylation sites (N-methyl/N-ethyl adjacent to an activating group) is 1. The normalized spacial score (nSPS) is 17.1. The summed E-state index contributed by atoms with van der Waals surface area (Å²) in [4.78, 5) is 42.7. The molecule has 4 rings (SSSR count). The lowest BCUT2D eigenvalue weighted by Crippen LogP contribution is -2.50. The molecule has 11 heteroatoms. The van der Waals surface area contributed by atoms with Crippen molar-refractivity contribution in [3.63, 3.8) is 0 Å². The number of amides is 5. The smallest absolute Gasteiger partial charge is 0.323 e. The number of para-hydroxylation sites is 2. The highest BCUT2D eigenvalue weighted by Gasteiger charge is 2.35. The summed E-state index contributed by atoms with van der Waals surface area (Å²) in [6, 6.07) is 19.6. The molecule has 4 N–H and O–H groups in total. The number of fused-ring (bicyclic) bond motifs is 1. The van der Waals surface area contributed by atoms with Crippen molar-refractivity contribution in [2.24, 2.45) is 5.92 Å². The van der Waals surface area contributed by atoms with Crippen LogP contribution in [-0.4, -0.2) is 78.9 Å². The zero-order valence-corrected chi connectivity index (χ0v) is 24.2. The average molecular weight is 576 g/mol. The van der Waals surface area contributed by atoms with Gasteiger partial charge < -0.3 is 40.3 Å². The second kappa shape index (κ2) is 13.7. The molecule has 0 saturated carbocycles. The molecule has 11 nitrogen and oxygen atoms in total. The molecule has 3 aromatic carbocycles. The van der Waals surface area contributed by atoms with Crippen LogP contribution in [0.4, 0.5) is 26.7 Å². The van der Waals surface area contributed by atoms with E-state index in [0.717, 1.165) is 0 Å². The summed E-state index contributed by atoms with van der Waals surface area (Å²) in [7, 11) is 3.23. The summed E-state index contributed by atoms with van der Waals surface area (Å²) >= 11 is 0. The van der Waals surface area contributed by atoms with Gasteiger partial charge in [0.1, 0.15) is 11.9 Å². The molecule has 0 spiro atoms. The van der Waals surface area contributed by atoms with Crippen molar-refractivity contribution in [2.75, 3.05) is 49.8 Å². The van der Waals surface area contributed by atoms with Crippen LogP contribution in [0.1, 0.15) is 24.2 Å². The first-order chi connectivity index (χ1) is 20.2. The van der Waals surface area contributed by atoms with Crippen molar-refractivity contribution in [2.45, 2.75) is 26.0 Å². The Morgan fingerprint density at radius 3 is 2.38 bits per heavy atom. The Morgan fingerprint density at radius 2 is 1.71 bits per heavy atom. The topological polar surface area (TPSA) is 132 Å². The van der Waals surface area contributed by atoms with Crippen LogP contribution in [-0.2, 0) is 0 Å². The second-order valence-electron chi connectivity index (χ2n) is 10.3. The number of rotatable bonds is 8. The minimum absolute atomic E-state index is 0.191. The van der Waals surface area contributed by atoms with Gasteiger partial charge in [0.2, 0.25) is 0 Å². The molecular weight excluding hydrogens is 538 g/mol. The number of methoxy groups -OCH3 is 1. The van der Waals surface area contributed by atoms with Gasteiger partial charge in [-0.1, -0.05) is 31.2 Å². The van der Waals surface area contributed by atoms with Crippen LogP contribution in [0.15, 0.2) is 72.8 Å². The first-order valence-electron chi connectivity index (χ1n) is 13.7. The molecule has 0 aliphatic carbocycles. The predicted molar refractivity (Wildman–Crippen MR) is 161 cm³/mol. The third-order valence-electron chi connectivity index (χ3n) is 7.11. The Morgan fingerprint density at radius 1 is 1.02 bits per heavy atom. The molecule has 3 aromatic rings. The van der Waals surface area contributed by atoms with Gasteiger partial charge in [-0.15, -0.1) is 0 Å². The lowest BCUT2D eigenvalue weighted by molar-refractivity contribution is 0.0373. The number of hydrogen-bond acceptors (Lipinski definition) is 6. The van der Waals surface area contributed by atoms with Crippen molar-refractivity contribution < 1.29 is 29.0 Å². The highest BCUT2D eigenvalue weighted by atomic mass is 16.5. The van der Waals surface area contributed by atoms with Crippen molar-refractivity contribution in [1.82, 2.24) is 9.80 Å². The number of aliphatic hydroxyl groups excluding tert-OH is 1. The summed E-state index contributed by atoms with van der Waals surface area (Å²) in [6.07, 6.45) is -0.552. The quantitative estimate of drug-likeness (QED) is 0.307. The highest BCUT2D eigenvalue weighted by Crippen LogP contribution is 2.35. The summed E-state index contributed by atoms with van der Waals surface area (Å²) in [5.41, 5.74) is 1.74. The molecule has 1 aliphatic heterocycles. The molecule has 1 heterocycles. The lowest BCUT2D eigenvalue weighted by atomic mass is 9.99. The lowest BCUT2D eigenvalue weighted by Gasteiger charge is -2.38. The van der Waals surface area contributed by atoms with Gasteiger partial charge in [0.05, 0.1) is 37.6 Å². The largest absolute Gasteiger partial charge is 0.497 e. The molecular formula is C31H37N5O6. The van der Waals surface area contributed by atoms with E-state index in [2.05, 4.69) is 16.0 Å². The molecule has 0 saturated heterocycles. The monoisotopic (exact) mass is 575 g/mol. The zero-order chi connectivity index (χ0) is 30.2. The van der Waals surface area contributed by atoms with Crippen LogP contribution >= 0.6 is 0 Å². The van der Waals surface area contributed by atoms with Gasteiger partial charge in [-0.05, 0) is 55.5 Å². The first kappa shape index (κ1) is 30.2. The number of nitrogens with one attached hydrogen (secondary N) is 3. The maximum absolute atomic E-state index is 13.7. The number of ether oxygens (including phenoxy) is 2. The van der Waals surface area contributed by atoms with Gasteiger partial charge in [0, 0.05) is 30.9 Å². The molecule has 0 radical (unpaired) electrons. The van der Waals surface area contributed by atoms with Crippen molar-refractivity contribution in [3.05, 3.63) is 78.4 Å². The van der Waals surface area contributed by atoms with Gasteiger partial charge >= 0.3 is 12.1 Å². The van der Waals surface area contributed by atoms with E-state index in [1.165, 1.54) is 4.90 Å².